The summed E-state index contributed by atoms with van der Waals surface area (Å²) in [5.41, 5.74) is -0.515. The minimum Gasteiger partial charge on any atom is -0.543 e. The zero-order valence-corrected chi connectivity index (χ0v) is 12.7. The van der Waals surface area contributed by atoms with Crippen LogP contribution in [0.15, 0.2) is 23.2 Å². The van der Waals surface area contributed by atoms with Crippen LogP contribution >= 0.6 is 0 Å². The van der Waals surface area contributed by atoms with Crippen LogP contribution in [0.25, 0.3) is 0 Å². The maximum Gasteiger partial charge on any atom is 1.00 e. The standard InChI is InChI=1S/C10H13NO4S.Na/c1-2-3-7-16(14,15)8-5-4-6-11-9(8)10(12)13;/h4-6H,2-3,7H2,1H3,(H,12,13);/q;+1/p-1. The number of carbonyl (C=O) groups excluding carboxylic acids is 1. The molecule has 0 N–H and O–H groups in total. The molecule has 1 rings (SSSR count). The molecule has 0 radical (unpaired) electrons. The van der Waals surface area contributed by atoms with Gasteiger partial charge in [0, 0.05) is 6.20 Å². The number of carboxylic acids is 1. The molecular formula is C10H12NNaO4S. The molecule has 7 heteroatoms. The molecule has 0 aliphatic heterocycles. The number of hydrogen-bond acceptors (Lipinski definition) is 5. The number of sulfone groups is 1. The quantitative estimate of drug-likeness (QED) is 0.530. The van der Waals surface area contributed by atoms with E-state index in [9.17, 15) is 18.3 Å². The topological polar surface area (TPSA) is 87.2 Å². The minimum atomic E-state index is -3.58. The van der Waals surface area contributed by atoms with Gasteiger partial charge in [0.25, 0.3) is 0 Å². The summed E-state index contributed by atoms with van der Waals surface area (Å²) in [6.45, 7) is 1.86. The Morgan fingerprint density at radius 2 is 2.12 bits per heavy atom. The third-order valence-electron chi connectivity index (χ3n) is 2.07. The fourth-order valence-electron chi connectivity index (χ4n) is 1.24. The maximum absolute atomic E-state index is 11.8. The van der Waals surface area contributed by atoms with Crippen LogP contribution in [0.5, 0.6) is 0 Å². The molecule has 88 valence electrons. The SMILES string of the molecule is CCCCS(=O)(=O)c1cccnc1C(=O)[O-].[Na+]. The van der Waals surface area contributed by atoms with Crippen molar-refractivity contribution in [2.24, 2.45) is 0 Å². The van der Waals surface area contributed by atoms with Gasteiger partial charge in [0.2, 0.25) is 0 Å². The van der Waals surface area contributed by atoms with Crippen molar-refractivity contribution in [2.75, 3.05) is 5.75 Å². The van der Waals surface area contributed by atoms with Crippen molar-refractivity contribution in [3.63, 3.8) is 0 Å². The van der Waals surface area contributed by atoms with Crippen molar-refractivity contribution in [2.45, 2.75) is 24.7 Å². The summed E-state index contributed by atoms with van der Waals surface area (Å²) >= 11 is 0. The van der Waals surface area contributed by atoms with Crippen molar-refractivity contribution >= 4 is 15.8 Å². The fourth-order valence-corrected chi connectivity index (χ4v) is 2.84. The Hall–Kier alpha value is -0.430. The van der Waals surface area contributed by atoms with Crippen LogP contribution in [-0.4, -0.2) is 25.1 Å². The van der Waals surface area contributed by atoms with Crippen molar-refractivity contribution in [1.29, 1.82) is 0 Å². The molecule has 5 nitrogen and oxygen atoms in total. The van der Waals surface area contributed by atoms with E-state index in [2.05, 4.69) is 4.98 Å². The van der Waals surface area contributed by atoms with Crippen LogP contribution in [0.1, 0.15) is 30.3 Å². The van der Waals surface area contributed by atoms with Gasteiger partial charge in [-0.05, 0) is 18.6 Å². The van der Waals surface area contributed by atoms with Gasteiger partial charge < -0.3 is 9.90 Å². The Balaban J connectivity index is 0.00000256. The largest absolute Gasteiger partial charge is 1.00 e. The van der Waals surface area contributed by atoms with Gasteiger partial charge in [-0.1, -0.05) is 13.3 Å². The molecule has 0 atom stereocenters. The van der Waals surface area contributed by atoms with E-state index in [0.717, 1.165) is 6.42 Å². The number of aromatic nitrogens is 1. The molecule has 0 saturated heterocycles. The van der Waals surface area contributed by atoms with Gasteiger partial charge in [0.1, 0.15) is 5.69 Å². The van der Waals surface area contributed by atoms with Gasteiger partial charge in [-0.25, -0.2) is 8.42 Å². The number of carbonyl (C=O) groups is 1. The van der Waals surface area contributed by atoms with Crippen molar-refractivity contribution in [3.05, 3.63) is 24.0 Å². The number of nitrogens with zero attached hydrogens (tertiary/aromatic N) is 1. The van der Waals surface area contributed by atoms with Gasteiger partial charge in [-0.3, -0.25) is 4.98 Å². The Labute approximate surface area is 122 Å². The average molecular weight is 265 g/mol. The van der Waals surface area contributed by atoms with Crippen molar-refractivity contribution < 1.29 is 47.9 Å². The fraction of sp³-hybridized carbons (Fsp3) is 0.400. The van der Waals surface area contributed by atoms with Crippen LogP contribution in [-0.2, 0) is 9.84 Å². The van der Waals surface area contributed by atoms with E-state index in [0.29, 0.717) is 6.42 Å². The summed E-state index contributed by atoms with van der Waals surface area (Å²) in [5, 5.41) is 10.7. The number of rotatable bonds is 5. The summed E-state index contributed by atoms with van der Waals surface area (Å²) in [7, 11) is -3.58. The number of hydrogen-bond donors (Lipinski definition) is 0. The van der Waals surface area contributed by atoms with Crippen molar-refractivity contribution in [3.8, 4) is 0 Å². The maximum atomic E-state index is 11.8. The number of aromatic carboxylic acids is 1. The van der Waals surface area contributed by atoms with Crippen LogP contribution in [0, 0.1) is 0 Å². The van der Waals surface area contributed by atoms with E-state index in [1.54, 1.807) is 0 Å². The first-order chi connectivity index (χ1) is 7.49. The number of unbranched alkanes of at least 4 members (excludes halogenated alkanes) is 1. The number of pyridine rings is 1. The van der Waals surface area contributed by atoms with Gasteiger partial charge >= 0.3 is 29.6 Å². The van der Waals surface area contributed by atoms with Crippen molar-refractivity contribution in [1.82, 2.24) is 4.98 Å². The second kappa shape index (κ2) is 7.10. The molecule has 1 heterocycles. The minimum absolute atomic E-state index is 0. The second-order valence-electron chi connectivity index (χ2n) is 3.31. The molecule has 17 heavy (non-hydrogen) atoms. The Morgan fingerprint density at radius 1 is 1.47 bits per heavy atom. The van der Waals surface area contributed by atoms with E-state index in [1.807, 2.05) is 6.92 Å². The molecule has 0 unspecified atom stereocenters. The third-order valence-corrected chi connectivity index (χ3v) is 3.89. The molecule has 0 aliphatic carbocycles. The van der Waals surface area contributed by atoms with E-state index in [4.69, 9.17) is 0 Å². The van der Waals surface area contributed by atoms with E-state index >= 15 is 0 Å². The Morgan fingerprint density at radius 3 is 2.65 bits per heavy atom. The van der Waals surface area contributed by atoms with Crippen LogP contribution in [0.2, 0.25) is 0 Å². The molecule has 0 saturated carbocycles. The van der Waals surface area contributed by atoms with Crippen LogP contribution < -0.4 is 34.7 Å². The van der Waals surface area contributed by atoms with Gasteiger partial charge in [0.15, 0.2) is 9.84 Å². The predicted octanol–water partition coefficient (Wildman–Crippen LogP) is -2.98. The van der Waals surface area contributed by atoms with E-state index in [-0.39, 0.29) is 40.2 Å². The van der Waals surface area contributed by atoms with Crippen LogP contribution in [0.4, 0.5) is 0 Å². The Bertz CT molecular complexity index is 487. The van der Waals surface area contributed by atoms with Gasteiger partial charge in [-0.15, -0.1) is 0 Å². The molecule has 0 aromatic carbocycles. The summed E-state index contributed by atoms with van der Waals surface area (Å²) in [6.07, 6.45) is 2.44. The molecular weight excluding hydrogens is 253 g/mol. The van der Waals surface area contributed by atoms with E-state index in [1.165, 1.54) is 18.3 Å². The molecule has 0 bridgehead atoms. The molecule has 1 aromatic rings. The van der Waals surface area contributed by atoms with Crippen LogP contribution in [0.3, 0.4) is 0 Å². The first kappa shape index (κ1) is 16.6. The monoisotopic (exact) mass is 265 g/mol. The normalized spacial score (nSPS) is 10.6. The zero-order chi connectivity index (χ0) is 12.2. The first-order valence-corrected chi connectivity index (χ1v) is 6.53. The van der Waals surface area contributed by atoms with Gasteiger partial charge in [0.05, 0.1) is 16.6 Å². The molecule has 1 aromatic heterocycles. The summed E-state index contributed by atoms with van der Waals surface area (Å²) < 4.78 is 23.6. The molecule has 0 amide bonds. The molecule has 0 aliphatic rings. The van der Waals surface area contributed by atoms with Gasteiger partial charge in [-0.2, -0.15) is 0 Å². The number of carboxylic acid groups (broad SMARTS) is 1. The smallest absolute Gasteiger partial charge is 0.543 e. The van der Waals surface area contributed by atoms with E-state index < -0.39 is 21.5 Å². The molecule has 0 spiro atoms. The third kappa shape index (κ3) is 4.39. The second-order valence-corrected chi connectivity index (χ2v) is 5.39. The zero-order valence-electron chi connectivity index (χ0n) is 9.84. The summed E-state index contributed by atoms with van der Waals surface area (Å²) in [4.78, 5) is 14.0. The summed E-state index contributed by atoms with van der Waals surface area (Å²) in [5.74, 6) is -1.65. The predicted molar refractivity (Wildman–Crippen MR) is 55.5 cm³/mol. The molecule has 0 fully saturated rings. The summed E-state index contributed by atoms with van der Waals surface area (Å²) in [6, 6.07) is 2.63. The first-order valence-electron chi connectivity index (χ1n) is 4.88. The average Bonchev–Trinajstić information content (AvgIpc) is 2.26. The Kier molecular flexibility index (Phi) is 6.92.